The van der Waals surface area contributed by atoms with Crippen molar-refractivity contribution in [1.82, 2.24) is 24.5 Å². The first-order valence-electron chi connectivity index (χ1n) is 11.6. The molecule has 11 heteroatoms. The van der Waals surface area contributed by atoms with Crippen LogP contribution in [0.1, 0.15) is 48.4 Å². The Morgan fingerprint density at radius 2 is 2.08 bits per heavy atom. The molecule has 36 heavy (non-hydrogen) atoms. The highest BCUT2D eigenvalue weighted by atomic mass is 79.9. The van der Waals surface area contributed by atoms with Crippen molar-refractivity contribution in [2.24, 2.45) is 5.92 Å². The molecule has 1 unspecified atom stereocenters. The van der Waals surface area contributed by atoms with Gasteiger partial charge in [0.15, 0.2) is 6.20 Å². The summed E-state index contributed by atoms with van der Waals surface area (Å²) >= 11 is 3.27. The Morgan fingerprint density at radius 3 is 2.83 bits per heavy atom. The summed E-state index contributed by atoms with van der Waals surface area (Å²) in [4.78, 5) is 14.7. The van der Waals surface area contributed by atoms with E-state index < -0.39 is 22.7 Å². The minimum atomic E-state index is -0.732. The third-order valence-corrected chi connectivity index (χ3v) is 6.49. The zero-order valence-electron chi connectivity index (χ0n) is 19.8. The van der Waals surface area contributed by atoms with Gasteiger partial charge in [-0.1, -0.05) is 0 Å². The Morgan fingerprint density at radius 1 is 1.28 bits per heavy atom. The molecule has 0 N–H and O–H groups in total. The van der Waals surface area contributed by atoms with Crippen LogP contribution in [0.25, 0.3) is 5.69 Å². The summed E-state index contributed by atoms with van der Waals surface area (Å²) in [6.07, 6.45) is 7.63. The molecule has 5 rings (SSSR count). The van der Waals surface area contributed by atoms with Crippen LogP contribution < -0.4 is 4.74 Å². The summed E-state index contributed by atoms with van der Waals surface area (Å²) in [7, 11) is 0. The monoisotopic (exact) mass is 554 g/mol. The van der Waals surface area contributed by atoms with Crippen LogP contribution >= 0.6 is 15.9 Å². The van der Waals surface area contributed by atoms with Gasteiger partial charge in [-0.2, -0.15) is 10.2 Å². The molecule has 1 aliphatic carbocycles. The molecule has 3 heterocycles. The molecule has 1 fully saturated rings. The van der Waals surface area contributed by atoms with E-state index in [2.05, 4.69) is 37.3 Å². The first-order valence-corrected chi connectivity index (χ1v) is 12.4. The highest BCUT2D eigenvalue weighted by Crippen LogP contribution is 2.34. The van der Waals surface area contributed by atoms with Crippen LogP contribution in [0.4, 0.5) is 10.2 Å². The van der Waals surface area contributed by atoms with E-state index in [9.17, 15) is 14.5 Å². The Labute approximate surface area is 215 Å². The molecule has 0 bridgehead atoms. The van der Waals surface area contributed by atoms with Gasteiger partial charge in [-0.05, 0) is 88.3 Å². The van der Waals surface area contributed by atoms with Crippen LogP contribution in [0.5, 0.6) is 5.75 Å². The zero-order chi connectivity index (χ0) is 25.4. The van der Waals surface area contributed by atoms with Gasteiger partial charge in [0.1, 0.15) is 11.9 Å². The molecule has 0 radical (unpaired) electrons. The van der Waals surface area contributed by atoms with Gasteiger partial charge in [-0.3, -0.25) is 4.68 Å². The summed E-state index contributed by atoms with van der Waals surface area (Å²) in [5.41, 5.74) is 3.90. The lowest BCUT2D eigenvalue weighted by Crippen LogP contribution is -2.12. The molecule has 1 aliphatic rings. The second-order valence-electron chi connectivity index (χ2n) is 9.08. The Kier molecular flexibility index (Phi) is 6.57. The standard InChI is InChI=1S/C25H24BrFN6O3/c1-15-7-21(8-18-11-29-31(14-18)13-17-3-4-17)32(30-15)23-6-5-20(27)10-22(23)16(2)36-24-9-19(26)12-28-25(24)33(34)35/h5-7,9-12,14,16-17H,3-4,8,13H2,1-2H3. The number of aromatic nitrogens is 5. The number of aryl methyl sites for hydroxylation is 1. The zero-order valence-corrected chi connectivity index (χ0v) is 21.4. The maximum atomic E-state index is 14.4. The van der Waals surface area contributed by atoms with E-state index >= 15 is 0 Å². The van der Waals surface area contributed by atoms with Crippen molar-refractivity contribution in [2.45, 2.75) is 45.8 Å². The van der Waals surface area contributed by atoms with Gasteiger partial charge in [0.05, 0.1) is 22.1 Å². The molecule has 9 nitrogen and oxygen atoms in total. The fourth-order valence-corrected chi connectivity index (χ4v) is 4.50. The Bertz CT molecular complexity index is 1430. The van der Waals surface area contributed by atoms with Gasteiger partial charge in [0.25, 0.3) is 0 Å². The molecular formula is C25H24BrFN6O3. The summed E-state index contributed by atoms with van der Waals surface area (Å²) in [6, 6.07) is 7.84. The largest absolute Gasteiger partial charge is 0.478 e. The maximum Gasteiger partial charge on any atom is 0.406 e. The van der Waals surface area contributed by atoms with E-state index in [-0.39, 0.29) is 5.75 Å². The van der Waals surface area contributed by atoms with Crippen molar-refractivity contribution >= 4 is 21.7 Å². The first kappa shape index (κ1) is 24.1. The predicted octanol–water partition coefficient (Wildman–Crippen LogP) is 5.72. The summed E-state index contributed by atoms with van der Waals surface area (Å²) < 4.78 is 24.6. The van der Waals surface area contributed by atoms with Gasteiger partial charge >= 0.3 is 5.82 Å². The lowest BCUT2D eigenvalue weighted by atomic mass is 10.1. The third kappa shape index (κ3) is 5.30. The number of hydrogen-bond acceptors (Lipinski definition) is 6. The summed E-state index contributed by atoms with van der Waals surface area (Å²) in [5, 5.41) is 20.6. The van der Waals surface area contributed by atoms with Crippen LogP contribution in [0, 0.1) is 28.8 Å². The number of pyridine rings is 1. The molecule has 3 aromatic heterocycles. The van der Waals surface area contributed by atoms with E-state index in [0.29, 0.717) is 22.1 Å². The van der Waals surface area contributed by atoms with E-state index in [1.807, 2.05) is 23.9 Å². The van der Waals surface area contributed by atoms with Crippen molar-refractivity contribution in [3.63, 3.8) is 0 Å². The average molecular weight is 555 g/mol. The van der Waals surface area contributed by atoms with Gasteiger partial charge < -0.3 is 14.9 Å². The number of nitrogens with zero attached hydrogens (tertiary/aromatic N) is 6. The van der Waals surface area contributed by atoms with Gasteiger partial charge in [0, 0.05) is 36.5 Å². The number of ether oxygens (including phenoxy) is 1. The molecular weight excluding hydrogens is 531 g/mol. The van der Waals surface area contributed by atoms with Crippen LogP contribution in [0.3, 0.4) is 0 Å². The lowest BCUT2D eigenvalue weighted by molar-refractivity contribution is -0.390. The van der Waals surface area contributed by atoms with Gasteiger partial charge in [0.2, 0.25) is 5.75 Å². The first-order chi connectivity index (χ1) is 17.3. The van der Waals surface area contributed by atoms with Gasteiger partial charge in [-0.15, -0.1) is 0 Å². The number of hydrogen-bond donors (Lipinski definition) is 0. The number of benzene rings is 1. The Hall–Kier alpha value is -3.60. The average Bonchev–Trinajstić information content (AvgIpc) is 3.41. The molecule has 186 valence electrons. The van der Waals surface area contributed by atoms with Gasteiger partial charge in [-0.25, -0.2) is 9.07 Å². The molecule has 4 aromatic rings. The fraction of sp³-hybridized carbons (Fsp3) is 0.320. The Balaban J connectivity index is 1.47. The number of nitro groups is 1. The van der Waals surface area contributed by atoms with E-state index in [0.717, 1.165) is 29.4 Å². The van der Waals surface area contributed by atoms with Crippen molar-refractivity contribution in [1.29, 1.82) is 0 Å². The van der Waals surface area contributed by atoms with Crippen LogP contribution in [-0.4, -0.2) is 29.5 Å². The minimum Gasteiger partial charge on any atom is -0.478 e. The van der Waals surface area contributed by atoms with Crippen LogP contribution in [0.2, 0.25) is 0 Å². The SMILES string of the molecule is Cc1cc(Cc2cnn(CC3CC3)c2)n(-c2ccc(F)cc2C(C)Oc2cc(Br)cnc2[N+](=O)[O-])n1. The maximum absolute atomic E-state index is 14.4. The quantitative estimate of drug-likeness (QED) is 0.193. The summed E-state index contributed by atoms with van der Waals surface area (Å²) in [5.74, 6) is -0.151. The topological polar surface area (TPSA) is 101 Å². The molecule has 0 aliphatic heterocycles. The number of rotatable bonds is 9. The highest BCUT2D eigenvalue weighted by Gasteiger charge is 2.24. The molecule has 1 aromatic carbocycles. The predicted molar refractivity (Wildman–Crippen MR) is 134 cm³/mol. The molecule has 0 saturated heterocycles. The van der Waals surface area contributed by atoms with Crippen molar-refractivity contribution in [3.8, 4) is 11.4 Å². The smallest absolute Gasteiger partial charge is 0.406 e. The molecule has 1 atom stereocenters. The van der Waals surface area contributed by atoms with Crippen molar-refractivity contribution < 1.29 is 14.1 Å². The summed E-state index contributed by atoms with van der Waals surface area (Å²) in [6.45, 7) is 4.54. The second kappa shape index (κ2) is 9.81. The van der Waals surface area contributed by atoms with Crippen molar-refractivity contribution in [2.75, 3.05) is 0 Å². The third-order valence-electron chi connectivity index (χ3n) is 6.05. The van der Waals surface area contributed by atoms with E-state index in [1.54, 1.807) is 17.7 Å². The van der Waals surface area contributed by atoms with Crippen molar-refractivity contribution in [3.05, 3.63) is 91.8 Å². The fourth-order valence-electron chi connectivity index (χ4n) is 4.19. The lowest BCUT2D eigenvalue weighted by Gasteiger charge is -2.19. The van der Waals surface area contributed by atoms with Crippen LogP contribution in [-0.2, 0) is 13.0 Å². The van der Waals surface area contributed by atoms with E-state index in [1.165, 1.54) is 37.2 Å². The van der Waals surface area contributed by atoms with E-state index in [4.69, 9.17) is 4.74 Å². The normalized spacial score (nSPS) is 14.1. The second-order valence-corrected chi connectivity index (χ2v) is 9.99. The highest BCUT2D eigenvalue weighted by molar-refractivity contribution is 9.10. The molecule has 0 amide bonds. The minimum absolute atomic E-state index is 0.0166. The van der Waals surface area contributed by atoms with Crippen LogP contribution in [0.15, 0.2) is 53.4 Å². The molecule has 0 spiro atoms. The number of halogens is 2. The molecule has 1 saturated carbocycles.